The molecule has 0 radical (unpaired) electrons. The van der Waals surface area contributed by atoms with Gasteiger partial charge in [-0.15, -0.1) is 11.6 Å². The van der Waals surface area contributed by atoms with Gasteiger partial charge in [0.2, 0.25) is 9.84 Å². The van der Waals surface area contributed by atoms with Gasteiger partial charge in [-0.1, -0.05) is 56.8 Å². The first-order valence-electron chi connectivity index (χ1n) is 6.37. The zero-order valence-electron chi connectivity index (χ0n) is 12.6. The number of rotatable bonds is 7. The van der Waals surface area contributed by atoms with Crippen LogP contribution in [0, 0.1) is 0 Å². The Bertz CT molecular complexity index is 551. The number of alkyl halides is 1. The van der Waals surface area contributed by atoms with E-state index in [2.05, 4.69) is 13.2 Å². The molecular weight excluding hydrogens is 327 g/mol. The summed E-state index contributed by atoms with van der Waals surface area (Å²) in [6, 6.07) is 0. The summed E-state index contributed by atoms with van der Waals surface area (Å²) < 4.78 is 24.5. The van der Waals surface area contributed by atoms with Crippen LogP contribution in [0.25, 0.3) is 0 Å². The highest BCUT2D eigenvalue weighted by atomic mass is 35.5. The Kier molecular flexibility index (Phi) is 13.4. The Morgan fingerprint density at radius 2 is 1.71 bits per heavy atom. The van der Waals surface area contributed by atoms with Gasteiger partial charge in [0.1, 0.15) is 0 Å². The number of hydrogen-bond acceptors (Lipinski definition) is 2. The van der Waals surface area contributed by atoms with Crippen LogP contribution in [0.3, 0.4) is 0 Å². The lowest BCUT2D eigenvalue weighted by Gasteiger charge is -2.04. The van der Waals surface area contributed by atoms with Crippen LogP contribution >= 0.6 is 23.2 Å². The molecular formula is C16H22Cl2O2S. The maximum absolute atomic E-state index is 12.3. The molecule has 0 fully saturated rings. The molecule has 0 atom stereocenters. The molecule has 0 saturated carbocycles. The standard InChI is InChI=1S/C14H16Cl2O2S.C2H6/c1-4-7-14(8-6-11-15)19(17,18)12(3)9-10-13(16)5-2;1-2/h4-10H,1-2,11H2,3H3;1-2H3/b8-6-,12-9+,13-10+,14-7+;. The van der Waals surface area contributed by atoms with Crippen LogP contribution < -0.4 is 0 Å². The van der Waals surface area contributed by atoms with E-state index in [1.54, 1.807) is 6.08 Å². The molecule has 2 nitrogen and oxygen atoms in total. The first-order chi connectivity index (χ1) is 9.89. The Morgan fingerprint density at radius 3 is 2.14 bits per heavy atom. The number of hydrogen-bond donors (Lipinski definition) is 0. The SMILES string of the molecule is C=C/C=C(\C=C/CCl)S(=O)(=O)/C(C)=C/C=C(/Cl)C=C.CC. The van der Waals surface area contributed by atoms with Crippen LogP contribution in [-0.4, -0.2) is 14.3 Å². The highest BCUT2D eigenvalue weighted by Crippen LogP contribution is 2.19. The summed E-state index contributed by atoms with van der Waals surface area (Å²) in [6.45, 7) is 12.5. The quantitative estimate of drug-likeness (QED) is 0.449. The molecule has 0 amide bonds. The summed E-state index contributed by atoms with van der Waals surface area (Å²) in [4.78, 5) is 0.292. The average Bonchev–Trinajstić information content (AvgIpc) is 2.50. The van der Waals surface area contributed by atoms with E-state index < -0.39 is 9.84 Å². The van der Waals surface area contributed by atoms with Gasteiger partial charge in [-0.2, -0.15) is 0 Å². The molecule has 0 N–H and O–H groups in total. The molecule has 0 aromatic carbocycles. The van der Waals surface area contributed by atoms with Crippen molar-refractivity contribution in [3.05, 3.63) is 70.5 Å². The smallest absolute Gasteiger partial charge is 0.202 e. The van der Waals surface area contributed by atoms with Crippen molar-refractivity contribution in [2.75, 3.05) is 5.88 Å². The van der Waals surface area contributed by atoms with Gasteiger partial charge in [0.25, 0.3) is 0 Å². The highest BCUT2D eigenvalue weighted by Gasteiger charge is 2.16. The Balaban J connectivity index is 0. The normalized spacial score (nSPS) is 13.7. The summed E-state index contributed by atoms with van der Waals surface area (Å²) in [5.74, 6) is 0.231. The van der Waals surface area contributed by atoms with Gasteiger partial charge in [-0.25, -0.2) is 8.42 Å². The summed E-state index contributed by atoms with van der Waals surface area (Å²) in [6.07, 6.45) is 10.1. The lowest BCUT2D eigenvalue weighted by atomic mass is 10.4. The van der Waals surface area contributed by atoms with Gasteiger partial charge >= 0.3 is 0 Å². The first-order valence-corrected chi connectivity index (χ1v) is 8.76. The van der Waals surface area contributed by atoms with E-state index in [0.717, 1.165) is 0 Å². The third kappa shape index (κ3) is 8.76. The predicted octanol–water partition coefficient (Wildman–Crippen LogP) is 5.50. The van der Waals surface area contributed by atoms with Crippen LogP contribution in [0.15, 0.2) is 70.5 Å². The molecule has 0 saturated heterocycles. The van der Waals surface area contributed by atoms with Crippen molar-refractivity contribution in [3.8, 4) is 0 Å². The van der Waals surface area contributed by atoms with E-state index in [-0.39, 0.29) is 15.7 Å². The van der Waals surface area contributed by atoms with Gasteiger partial charge in [0.05, 0.1) is 4.91 Å². The Labute approximate surface area is 138 Å². The van der Waals surface area contributed by atoms with Crippen molar-refractivity contribution in [1.29, 1.82) is 0 Å². The molecule has 0 aromatic rings. The second kappa shape index (κ2) is 12.7. The predicted molar refractivity (Wildman–Crippen MR) is 96.3 cm³/mol. The molecule has 0 aliphatic carbocycles. The molecule has 118 valence electrons. The minimum atomic E-state index is -3.57. The van der Waals surface area contributed by atoms with E-state index in [0.29, 0.717) is 5.03 Å². The zero-order chi connectivity index (χ0) is 16.9. The van der Waals surface area contributed by atoms with Crippen LogP contribution in [0.2, 0.25) is 0 Å². The van der Waals surface area contributed by atoms with Crippen molar-refractivity contribution < 1.29 is 8.42 Å². The summed E-state index contributed by atoms with van der Waals surface area (Å²) in [7, 11) is -3.57. The van der Waals surface area contributed by atoms with E-state index >= 15 is 0 Å². The van der Waals surface area contributed by atoms with Crippen molar-refractivity contribution in [2.24, 2.45) is 0 Å². The largest absolute Gasteiger partial charge is 0.219 e. The molecule has 0 aliphatic rings. The molecule has 0 rings (SSSR count). The fourth-order valence-corrected chi connectivity index (χ4v) is 2.37. The molecule has 5 heteroatoms. The first kappa shape index (κ1) is 22.3. The second-order valence-corrected chi connectivity index (χ2v) is 6.27. The van der Waals surface area contributed by atoms with E-state index in [1.165, 1.54) is 43.4 Å². The molecule has 0 unspecified atom stereocenters. The van der Waals surface area contributed by atoms with Crippen molar-refractivity contribution in [2.45, 2.75) is 20.8 Å². The maximum atomic E-state index is 12.3. The fourth-order valence-electron chi connectivity index (χ4n) is 1.05. The lowest BCUT2D eigenvalue weighted by molar-refractivity contribution is 0.608. The van der Waals surface area contributed by atoms with Gasteiger partial charge in [-0.05, 0) is 31.2 Å². The molecule has 0 aliphatic heterocycles. The topological polar surface area (TPSA) is 34.1 Å². The Hall–Kier alpha value is -1.03. The minimum Gasteiger partial charge on any atom is -0.219 e. The molecule has 0 bridgehead atoms. The van der Waals surface area contributed by atoms with Gasteiger partial charge in [0.15, 0.2) is 0 Å². The number of sulfone groups is 1. The number of allylic oxidation sites excluding steroid dienone is 9. The number of halogens is 2. The minimum absolute atomic E-state index is 0.125. The second-order valence-electron chi connectivity index (χ2n) is 3.40. The zero-order valence-corrected chi connectivity index (χ0v) is 15.0. The lowest BCUT2D eigenvalue weighted by Crippen LogP contribution is -2.03. The monoisotopic (exact) mass is 348 g/mol. The highest BCUT2D eigenvalue weighted by molar-refractivity contribution is 7.99. The van der Waals surface area contributed by atoms with Gasteiger partial charge in [0, 0.05) is 15.8 Å². The molecule has 0 heterocycles. The maximum Gasteiger partial charge on any atom is 0.202 e. The van der Waals surface area contributed by atoms with Gasteiger partial charge in [-0.3, -0.25) is 0 Å². The average molecular weight is 349 g/mol. The molecule has 21 heavy (non-hydrogen) atoms. The van der Waals surface area contributed by atoms with Crippen LogP contribution in [0.4, 0.5) is 0 Å². The van der Waals surface area contributed by atoms with Crippen molar-refractivity contribution in [3.63, 3.8) is 0 Å². The van der Waals surface area contributed by atoms with Crippen molar-refractivity contribution in [1.82, 2.24) is 0 Å². The van der Waals surface area contributed by atoms with Crippen LogP contribution in [0.1, 0.15) is 20.8 Å². The molecule has 0 aromatic heterocycles. The Morgan fingerprint density at radius 1 is 1.14 bits per heavy atom. The van der Waals surface area contributed by atoms with Crippen LogP contribution in [0.5, 0.6) is 0 Å². The third-order valence-electron chi connectivity index (χ3n) is 2.06. The summed E-state index contributed by atoms with van der Waals surface area (Å²) in [5.41, 5.74) is 0. The summed E-state index contributed by atoms with van der Waals surface area (Å²) in [5, 5.41) is 0.361. The molecule has 0 spiro atoms. The van der Waals surface area contributed by atoms with E-state index in [4.69, 9.17) is 23.2 Å². The van der Waals surface area contributed by atoms with Crippen molar-refractivity contribution >= 4 is 33.0 Å². The third-order valence-corrected chi connectivity index (χ3v) is 4.39. The van der Waals surface area contributed by atoms with E-state index in [9.17, 15) is 8.42 Å². The van der Waals surface area contributed by atoms with Crippen LogP contribution in [-0.2, 0) is 9.84 Å². The fraction of sp³-hybridized carbons (Fsp3) is 0.250. The summed E-state index contributed by atoms with van der Waals surface area (Å²) >= 11 is 11.2. The van der Waals surface area contributed by atoms with Gasteiger partial charge < -0.3 is 0 Å². The van der Waals surface area contributed by atoms with E-state index in [1.807, 2.05) is 13.8 Å².